The number of rotatable bonds is 3. The quantitative estimate of drug-likeness (QED) is 0.850. The Hall–Kier alpha value is -1.31. The predicted molar refractivity (Wildman–Crippen MR) is 64.1 cm³/mol. The number of nitrogens with zero attached hydrogens (tertiary/aromatic N) is 3. The smallest absolute Gasteiger partial charge is 0.264 e. The van der Waals surface area contributed by atoms with Crippen molar-refractivity contribution in [3.8, 4) is 0 Å². The Morgan fingerprint density at radius 2 is 2.06 bits per heavy atom. The molecule has 0 aromatic carbocycles. The van der Waals surface area contributed by atoms with E-state index in [1.54, 1.807) is 13.8 Å². The molecule has 102 valence electrons. The minimum Gasteiger partial charge on any atom is -0.264 e. The van der Waals surface area contributed by atoms with E-state index in [-0.39, 0.29) is 10.9 Å². The Morgan fingerprint density at radius 1 is 1.50 bits per heavy atom. The van der Waals surface area contributed by atoms with Gasteiger partial charge in [0.25, 0.3) is 6.43 Å². The molecule has 0 saturated heterocycles. The highest BCUT2D eigenvalue weighted by Gasteiger charge is 2.20. The maximum atomic E-state index is 12.4. The van der Waals surface area contributed by atoms with Gasteiger partial charge >= 0.3 is 5.91 Å². The Balaban J connectivity index is 3.17. The van der Waals surface area contributed by atoms with Crippen molar-refractivity contribution in [3.63, 3.8) is 0 Å². The van der Waals surface area contributed by atoms with Crippen molar-refractivity contribution in [2.24, 2.45) is 11.4 Å². The van der Waals surface area contributed by atoms with Crippen molar-refractivity contribution >= 4 is 15.6 Å². The third-order valence-corrected chi connectivity index (χ3v) is 4.76. The van der Waals surface area contributed by atoms with Crippen LogP contribution < -0.4 is 0 Å². The molecule has 0 N–H and O–H groups in total. The summed E-state index contributed by atoms with van der Waals surface area (Å²) in [5.41, 5.74) is -0.594. The molecule has 8 heteroatoms. The summed E-state index contributed by atoms with van der Waals surface area (Å²) in [5.74, 6) is -0.793. The molecule has 0 fully saturated rings. The van der Waals surface area contributed by atoms with Crippen LogP contribution in [-0.4, -0.2) is 31.4 Å². The minimum absolute atomic E-state index is 0.0967. The normalized spacial score (nSPS) is 14.9. The number of amides is 1. The van der Waals surface area contributed by atoms with E-state index < -0.39 is 27.8 Å². The van der Waals surface area contributed by atoms with E-state index in [9.17, 15) is 17.8 Å². The SMILES string of the molecule is CC(C)S(C)(=O)=NC(=O)c1cc(C(F)F)nn1C. The lowest BCUT2D eigenvalue weighted by Gasteiger charge is -2.06. The van der Waals surface area contributed by atoms with Crippen LogP contribution >= 0.6 is 0 Å². The molecule has 18 heavy (non-hydrogen) atoms. The molecule has 1 aromatic heterocycles. The molecule has 1 heterocycles. The first kappa shape index (κ1) is 14.7. The van der Waals surface area contributed by atoms with E-state index >= 15 is 0 Å². The van der Waals surface area contributed by atoms with Gasteiger partial charge in [-0.3, -0.25) is 9.48 Å². The third kappa shape index (κ3) is 3.12. The molecule has 0 spiro atoms. The molecular formula is C10H15F2N3O2S. The van der Waals surface area contributed by atoms with Crippen molar-refractivity contribution in [2.45, 2.75) is 25.5 Å². The second-order valence-electron chi connectivity index (χ2n) is 4.19. The molecule has 1 aromatic rings. The van der Waals surface area contributed by atoms with Crippen LogP contribution in [0.15, 0.2) is 10.4 Å². The second-order valence-corrected chi connectivity index (χ2v) is 7.03. The van der Waals surface area contributed by atoms with Crippen molar-refractivity contribution in [1.82, 2.24) is 9.78 Å². The Morgan fingerprint density at radius 3 is 2.44 bits per heavy atom. The van der Waals surface area contributed by atoms with E-state index in [2.05, 4.69) is 9.46 Å². The van der Waals surface area contributed by atoms with Gasteiger partial charge in [-0.2, -0.15) is 9.46 Å². The summed E-state index contributed by atoms with van der Waals surface area (Å²) in [6.07, 6.45) is -1.39. The molecule has 1 unspecified atom stereocenters. The van der Waals surface area contributed by atoms with E-state index in [0.29, 0.717) is 0 Å². The molecule has 5 nitrogen and oxygen atoms in total. The standard InChI is InChI=1S/C10H15F2N3O2S/c1-6(2)18(4,17)14-10(16)8-5-7(9(11)12)13-15(8)3/h5-6,9H,1-4H3. The van der Waals surface area contributed by atoms with Gasteiger partial charge in [0.15, 0.2) is 0 Å². The molecule has 0 radical (unpaired) electrons. The fraction of sp³-hybridized carbons (Fsp3) is 0.600. The van der Waals surface area contributed by atoms with Gasteiger partial charge in [-0.15, -0.1) is 0 Å². The van der Waals surface area contributed by atoms with E-state index in [1.165, 1.54) is 13.3 Å². The summed E-state index contributed by atoms with van der Waals surface area (Å²) < 4.78 is 41.4. The van der Waals surface area contributed by atoms with Gasteiger partial charge < -0.3 is 0 Å². The van der Waals surface area contributed by atoms with Crippen molar-refractivity contribution < 1.29 is 17.8 Å². The number of hydrogen-bond donors (Lipinski definition) is 0. The van der Waals surface area contributed by atoms with E-state index in [4.69, 9.17) is 0 Å². The zero-order chi connectivity index (χ0) is 14.1. The molecular weight excluding hydrogens is 264 g/mol. The molecule has 0 aliphatic heterocycles. The van der Waals surface area contributed by atoms with Crippen molar-refractivity contribution in [2.75, 3.05) is 6.26 Å². The Kier molecular flexibility index (Phi) is 4.20. The van der Waals surface area contributed by atoms with Crippen molar-refractivity contribution in [3.05, 3.63) is 17.5 Å². The molecule has 1 rings (SSSR count). The average molecular weight is 279 g/mol. The number of carbonyl (C=O) groups is 1. The van der Waals surface area contributed by atoms with Crippen LogP contribution in [0, 0.1) is 0 Å². The molecule has 1 amide bonds. The summed E-state index contributed by atoms with van der Waals surface area (Å²) >= 11 is 0. The minimum atomic E-state index is -2.76. The Bertz CT molecular complexity index is 572. The van der Waals surface area contributed by atoms with Crippen LogP contribution in [0.3, 0.4) is 0 Å². The molecule has 1 atom stereocenters. The first-order chi connectivity index (χ1) is 8.15. The van der Waals surface area contributed by atoms with Crippen LogP contribution in [0.5, 0.6) is 0 Å². The number of carbonyl (C=O) groups excluding carboxylic acids is 1. The van der Waals surface area contributed by atoms with Crippen LogP contribution in [-0.2, 0) is 16.8 Å². The summed E-state index contributed by atoms with van der Waals surface area (Å²) in [6, 6.07) is 0.965. The highest BCUT2D eigenvalue weighted by atomic mass is 32.2. The highest BCUT2D eigenvalue weighted by molar-refractivity contribution is 7.93. The van der Waals surface area contributed by atoms with Crippen LogP contribution in [0.4, 0.5) is 8.78 Å². The molecule has 0 aliphatic rings. The summed E-state index contributed by atoms with van der Waals surface area (Å²) in [5, 5.41) is 3.20. The zero-order valence-electron chi connectivity index (χ0n) is 10.6. The lowest BCUT2D eigenvalue weighted by atomic mass is 10.3. The maximum Gasteiger partial charge on any atom is 0.303 e. The first-order valence-corrected chi connectivity index (χ1v) is 7.21. The summed E-state index contributed by atoms with van der Waals surface area (Å²) in [4.78, 5) is 11.8. The third-order valence-electron chi connectivity index (χ3n) is 2.48. The molecule has 0 bridgehead atoms. The second kappa shape index (κ2) is 5.13. The lowest BCUT2D eigenvalue weighted by molar-refractivity contribution is 0.0996. The fourth-order valence-electron chi connectivity index (χ4n) is 1.11. The fourth-order valence-corrected chi connectivity index (χ4v) is 1.75. The number of hydrogen-bond acceptors (Lipinski definition) is 3. The monoisotopic (exact) mass is 279 g/mol. The van der Waals surface area contributed by atoms with Gasteiger partial charge in [0, 0.05) is 18.6 Å². The number of halogens is 2. The van der Waals surface area contributed by atoms with E-state index in [1.807, 2.05) is 0 Å². The van der Waals surface area contributed by atoms with Gasteiger partial charge in [0.1, 0.15) is 11.4 Å². The van der Waals surface area contributed by atoms with Gasteiger partial charge in [0.05, 0.1) is 9.73 Å². The Labute approximate surface area is 104 Å². The first-order valence-electron chi connectivity index (χ1n) is 5.22. The average Bonchev–Trinajstić information content (AvgIpc) is 2.59. The number of alkyl halides is 2. The largest absolute Gasteiger partial charge is 0.303 e. The van der Waals surface area contributed by atoms with Gasteiger partial charge in [-0.05, 0) is 6.07 Å². The zero-order valence-corrected chi connectivity index (χ0v) is 11.4. The number of aromatic nitrogens is 2. The van der Waals surface area contributed by atoms with E-state index in [0.717, 1.165) is 10.7 Å². The number of aryl methyl sites for hydroxylation is 1. The molecule has 0 saturated carbocycles. The molecule has 0 aliphatic carbocycles. The summed E-state index contributed by atoms with van der Waals surface area (Å²) in [6.45, 7) is 3.35. The topological polar surface area (TPSA) is 64.3 Å². The maximum absolute atomic E-state index is 12.4. The van der Waals surface area contributed by atoms with Gasteiger partial charge in [-0.1, -0.05) is 13.8 Å². The highest BCUT2D eigenvalue weighted by Crippen LogP contribution is 2.18. The van der Waals surface area contributed by atoms with Crippen molar-refractivity contribution in [1.29, 1.82) is 0 Å². The van der Waals surface area contributed by atoms with Gasteiger partial charge in [-0.25, -0.2) is 13.0 Å². The van der Waals surface area contributed by atoms with Gasteiger partial charge in [0.2, 0.25) is 0 Å². The predicted octanol–water partition coefficient (Wildman–Crippen LogP) is 2.00. The lowest BCUT2D eigenvalue weighted by Crippen LogP contribution is -2.15. The summed E-state index contributed by atoms with van der Waals surface area (Å²) in [7, 11) is -1.31. The van der Waals surface area contributed by atoms with Crippen LogP contribution in [0.1, 0.15) is 36.5 Å². The van der Waals surface area contributed by atoms with Crippen LogP contribution in [0.25, 0.3) is 0 Å². The van der Waals surface area contributed by atoms with Crippen LogP contribution in [0.2, 0.25) is 0 Å².